The highest BCUT2D eigenvalue weighted by molar-refractivity contribution is 6.28. The summed E-state index contributed by atoms with van der Waals surface area (Å²) in [6, 6.07) is 9.66. The number of aromatic nitrogens is 4. The molecule has 0 radical (unpaired) electrons. The van der Waals surface area contributed by atoms with Crippen molar-refractivity contribution < 1.29 is 14.3 Å². The van der Waals surface area contributed by atoms with E-state index in [1.54, 1.807) is 18.9 Å². The van der Waals surface area contributed by atoms with E-state index in [4.69, 9.17) is 21.8 Å². The fraction of sp³-hybridized carbons (Fsp3) is 0.238. The molecule has 0 unspecified atom stereocenters. The number of carboxylic acid groups (broad SMARTS) is 1. The Bertz CT molecular complexity index is 1190. The minimum Gasteiger partial charge on any atom is -0.472 e. The summed E-state index contributed by atoms with van der Waals surface area (Å²) in [6.07, 6.45) is 5.40. The molecule has 1 aromatic carbocycles. The summed E-state index contributed by atoms with van der Waals surface area (Å²) in [4.78, 5) is 25.5. The Labute approximate surface area is 183 Å². The molecule has 0 aliphatic heterocycles. The van der Waals surface area contributed by atoms with Gasteiger partial charge in [0.1, 0.15) is 5.52 Å². The smallest absolute Gasteiger partial charge is 0.407 e. The van der Waals surface area contributed by atoms with Gasteiger partial charge < -0.3 is 24.7 Å². The van der Waals surface area contributed by atoms with E-state index in [1.165, 1.54) is 4.90 Å². The molecule has 3 heterocycles. The zero-order valence-electron chi connectivity index (χ0n) is 16.6. The van der Waals surface area contributed by atoms with Gasteiger partial charge in [-0.25, -0.2) is 9.78 Å². The number of furan rings is 1. The van der Waals surface area contributed by atoms with Crippen molar-refractivity contribution in [2.75, 3.05) is 12.3 Å². The number of benzene rings is 1. The average molecular weight is 441 g/mol. The maximum absolute atomic E-state index is 11.7. The third-order valence-corrected chi connectivity index (χ3v) is 5.14. The quantitative estimate of drug-likeness (QED) is 0.309. The van der Waals surface area contributed by atoms with Crippen LogP contribution in [0.1, 0.15) is 18.4 Å². The van der Waals surface area contributed by atoms with Gasteiger partial charge in [0.25, 0.3) is 0 Å². The highest BCUT2D eigenvalue weighted by atomic mass is 35.5. The van der Waals surface area contributed by atoms with E-state index in [2.05, 4.69) is 15.0 Å². The van der Waals surface area contributed by atoms with Crippen molar-refractivity contribution >= 4 is 34.7 Å². The Kier molecular flexibility index (Phi) is 6.03. The minimum absolute atomic E-state index is 0.0708. The summed E-state index contributed by atoms with van der Waals surface area (Å²) >= 11 is 5.89. The summed E-state index contributed by atoms with van der Waals surface area (Å²) < 4.78 is 6.98. The van der Waals surface area contributed by atoms with E-state index in [0.717, 1.165) is 23.1 Å². The minimum atomic E-state index is -0.950. The number of unbranched alkanes of at least 4 members (excludes halogenated alkanes) is 1. The van der Waals surface area contributed by atoms with Gasteiger partial charge in [-0.3, -0.25) is 0 Å². The standard InChI is InChI=1S/C21H21ClN6O3/c22-20-25-18(23)17-19(26-20)28(13-24-17)8-2-1-7-27(21(29)30)11-14-4-3-5-15(10-14)16-6-9-31-12-16/h3-6,9-10,12-13H,1-2,7-8,11H2,(H,29,30)(H2,23,25,26). The number of fused-ring (bicyclic) bond motifs is 1. The number of rotatable bonds is 8. The van der Waals surface area contributed by atoms with Crippen LogP contribution in [0.2, 0.25) is 5.28 Å². The van der Waals surface area contributed by atoms with Crippen LogP contribution in [0.3, 0.4) is 0 Å². The highest BCUT2D eigenvalue weighted by Crippen LogP contribution is 2.22. The molecule has 9 nitrogen and oxygen atoms in total. The SMILES string of the molecule is Nc1nc(Cl)nc2c1ncn2CCCCN(Cc1cccc(-c2ccoc2)c1)C(=O)O. The van der Waals surface area contributed by atoms with Gasteiger partial charge in [0.2, 0.25) is 5.28 Å². The molecule has 3 N–H and O–H groups in total. The second kappa shape index (κ2) is 9.05. The van der Waals surface area contributed by atoms with Crippen LogP contribution in [0.15, 0.2) is 53.6 Å². The molecule has 0 bridgehead atoms. The number of imidazole rings is 1. The maximum atomic E-state index is 11.7. The molecule has 0 saturated heterocycles. The van der Waals surface area contributed by atoms with Gasteiger partial charge >= 0.3 is 6.09 Å². The molecule has 0 saturated carbocycles. The second-order valence-corrected chi connectivity index (χ2v) is 7.45. The molecular weight excluding hydrogens is 420 g/mol. The Morgan fingerprint density at radius 1 is 1.23 bits per heavy atom. The van der Waals surface area contributed by atoms with Gasteiger partial charge in [-0.1, -0.05) is 18.2 Å². The van der Waals surface area contributed by atoms with E-state index in [-0.39, 0.29) is 11.1 Å². The summed E-state index contributed by atoms with van der Waals surface area (Å²) in [5, 5.41) is 9.69. The zero-order valence-corrected chi connectivity index (χ0v) is 17.4. The predicted octanol–water partition coefficient (Wildman–Crippen LogP) is 4.28. The van der Waals surface area contributed by atoms with E-state index in [0.29, 0.717) is 37.2 Å². The number of anilines is 1. The van der Waals surface area contributed by atoms with Crippen LogP contribution in [-0.4, -0.2) is 42.2 Å². The lowest BCUT2D eigenvalue weighted by Crippen LogP contribution is -2.30. The van der Waals surface area contributed by atoms with Gasteiger partial charge in [0, 0.05) is 25.2 Å². The first-order valence-corrected chi connectivity index (χ1v) is 10.1. The van der Waals surface area contributed by atoms with Crippen LogP contribution in [0.25, 0.3) is 22.3 Å². The van der Waals surface area contributed by atoms with Crippen molar-refractivity contribution in [1.82, 2.24) is 24.4 Å². The summed E-state index contributed by atoms with van der Waals surface area (Å²) in [7, 11) is 0. The van der Waals surface area contributed by atoms with Crippen LogP contribution < -0.4 is 5.73 Å². The Hall–Kier alpha value is -3.59. The number of nitrogens with two attached hydrogens (primary N) is 1. The lowest BCUT2D eigenvalue weighted by molar-refractivity contribution is 0.141. The van der Waals surface area contributed by atoms with E-state index >= 15 is 0 Å². The van der Waals surface area contributed by atoms with Crippen LogP contribution >= 0.6 is 11.6 Å². The van der Waals surface area contributed by atoms with Gasteiger partial charge in [-0.15, -0.1) is 0 Å². The number of hydrogen-bond donors (Lipinski definition) is 2. The van der Waals surface area contributed by atoms with Gasteiger partial charge in [0.15, 0.2) is 11.5 Å². The number of halogens is 1. The lowest BCUT2D eigenvalue weighted by Gasteiger charge is -2.19. The van der Waals surface area contributed by atoms with Crippen molar-refractivity contribution in [3.8, 4) is 11.1 Å². The molecule has 160 valence electrons. The van der Waals surface area contributed by atoms with Gasteiger partial charge in [-0.05, 0) is 47.7 Å². The van der Waals surface area contributed by atoms with Crippen LogP contribution in [0.5, 0.6) is 0 Å². The van der Waals surface area contributed by atoms with Gasteiger partial charge in [0.05, 0.1) is 18.9 Å². The molecule has 0 atom stereocenters. The first kappa shape index (κ1) is 20.7. The van der Waals surface area contributed by atoms with Crippen LogP contribution in [-0.2, 0) is 13.1 Å². The molecule has 0 aliphatic carbocycles. The number of nitrogen functional groups attached to an aromatic ring is 1. The predicted molar refractivity (Wildman–Crippen MR) is 117 cm³/mol. The Morgan fingerprint density at radius 3 is 2.87 bits per heavy atom. The summed E-state index contributed by atoms with van der Waals surface area (Å²) in [5.74, 6) is 0.239. The number of hydrogen-bond acceptors (Lipinski definition) is 6. The Morgan fingerprint density at radius 2 is 2.10 bits per heavy atom. The first-order valence-electron chi connectivity index (χ1n) is 9.74. The van der Waals surface area contributed by atoms with Crippen molar-refractivity contribution in [3.63, 3.8) is 0 Å². The highest BCUT2D eigenvalue weighted by Gasteiger charge is 2.14. The van der Waals surface area contributed by atoms with Gasteiger partial charge in [-0.2, -0.15) is 9.97 Å². The number of nitrogens with zero attached hydrogens (tertiary/aromatic N) is 5. The monoisotopic (exact) mass is 440 g/mol. The molecule has 1 amide bonds. The molecule has 4 rings (SSSR count). The fourth-order valence-corrected chi connectivity index (χ4v) is 3.60. The molecule has 31 heavy (non-hydrogen) atoms. The zero-order chi connectivity index (χ0) is 21.8. The number of amides is 1. The van der Waals surface area contributed by atoms with E-state index in [1.807, 2.05) is 34.9 Å². The third kappa shape index (κ3) is 4.77. The fourth-order valence-electron chi connectivity index (χ4n) is 3.43. The van der Waals surface area contributed by atoms with E-state index in [9.17, 15) is 9.90 Å². The lowest BCUT2D eigenvalue weighted by atomic mass is 10.1. The largest absolute Gasteiger partial charge is 0.472 e. The molecule has 10 heteroatoms. The summed E-state index contributed by atoms with van der Waals surface area (Å²) in [6.45, 7) is 1.34. The average Bonchev–Trinajstić information content (AvgIpc) is 3.41. The van der Waals surface area contributed by atoms with Crippen LogP contribution in [0.4, 0.5) is 10.6 Å². The molecule has 0 aliphatic rings. The third-order valence-electron chi connectivity index (χ3n) is 4.97. The molecule has 4 aromatic rings. The normalized spacial score (nSPS) is 11.1. The van der Waals surface area contributed by atoms with Crippen molar-refractivity contribution in [2.24, 2.45) is 0 Å². The Balaban J connectivity index is 1.36. The molecule has 0 fully saturated rings. The van der Waals surface area contributed by atoms with Crippen molar-refractivity contribution in [1.29, 1.82) is 0 Å². The molecule has 3 aromatic heterocycles. The van der Waals surface area contributed by atoms with Crippen molar-refractivity contribution in [3.05, 3.63) is 60.0 Å². The number of aryl methyl sites for hydroxylation is 1. The molecule has 0 spiro atoms. The molecular formula is C21H21ClN6O3. The second-order valence-electron chi connectivity index (χ2n) is 7.11. The van der Waals surface area contributed by atoms with E-state index < -0.39 is 6.09 Å². The number of carbonyl (C=O) groups is 1. The maximum Gasteiger partial charge on any atom is 0.407 e. The van der Waals surface area contributed by atoms with Crippen LogP contribution in [0, 0.1) is 0 Å². The topological polar surface area (TPSA) is 123 Å². The summed E-state index contributed by atoms with van der Waals surface area (Å²) in [5.41, 5.74) is 9.77. The first-order chi connectivity index (χ1) is 15.0. The van der Waals surface area contributed by atoms with Crippen molar-refractivity contribution in [2.45, 2.75) is 25.9 Å².